The van der Waals surface area contributed by atoms with E-state index in [1.807, 2.05) is 18.2 Å². The van der Waals surface area contributed by atoms with Gasteiger partial charge in [0, 0.05) is 25.3 Å². The first-order chi connectivity index (χ1) is 9.22. The Kier molecular flexibility index (Phi) is 5.39. The second kappa shape index (κ2) is 7.05. The lowest BCUT2D eigenvalue weighted by Crippen LogP contribution is -2.06. The van der Waals surface area contributed by atoms with Gasteiger partial charge < -0.3 is 19.0 Å². The average molecular weight is 301 g/mol. The number of benzene rings is 1. The molecule has 104 valence electrons. The van der Waals surface area contributed by atoms with Gasteiger partial charge in [-0.25, -0.2) is 0 Å². The van der Waals surface area contributed by atoms with Crippen molar-refractivity contribution in [1.29, 1.82) is 0 Å². The minimum atomic E-state index is 0.627. The lowest BCUT2D eigenvalue weighted by atomic mass is 10.3. The Labute approximate surface area is 122 Å². The van der Waals surface area contributed by atoms with Gasteiger partial charge in [-0.1, -0.05) is 11.6 Å². The first-order valence-electron chi connectivity index (χ1n) is 6.17. The monoisotopic (exact) mass is 300 g/mol. The maximum Gasteiger partial charge on any atom is 0.178 e. The van der Waals surface area contributed by atoms with Crippen LogP contribution in [0.15, 0.2) is 18.2 Å². The third-order valence-corrected chi connectivity index (χ3v) is 3.40. The van der Waals surface area contributed by atoms with Gasteiger partial charge in [-0.15, -0.1) is 0 Å². The van der Waals surface area contributed by atoms with Crippen molar-refractivity contribution < 1.29 is 9.47 Å². The van der Waals surface area contributed by atoms with E-state index < -0.39 is 0 Å². The van der Waals surface area contributed by atoms with Crippen molar-refractivity contribution >= 4 is 34.9 Å². The van der Waals surface area contributed by atoms with Crippen LogP contribution in [0.25, 0.3) is 11.0 Å². The van der Waals surface area contributed by atoms with Crippen LogP contribution < -0.4 is 0 Å². The van der Waals surface area contributed by atoms with E-state index in [0.717, 1.165) is 24.0 Å². The highest BCUT2D eigenvalue weighted by Crippen LogP contribution is 2.19. The quantitative estimate of drug-likeness (QED) is 0.629. The Morgan fingerprint density at radius 3 is 2.95 bits per heavy atom. The second-order valence-electron chi connectivity index (χ2n) is 4.20. The average Bonchev–Trinajstić information content (AvgIpc) is 2.69. The molecule has 0 fully saturated rings. The van der Waals surface area contributed by atoms with Crippen molar-refractivity contribution in [2.24, 2.45) is 0 Å². The van der Waals surface area contributed by atoms with E-state index in [1.54, 1.807) is 7.11 Å². The first-order valence-corrected chi connectivity index (χ1v) is 6.96. The molecular formula is C13H17ClN2O2S. The largest absolute Gasteiger partial charge is 0.382 e. The summed E-state index contributed by atoms with van der Waals surface area (Å²) < 4.78 is 13.1. The maximum atomic E-state index is 6.02. The number of methoxy groups -OCH3 is 1. The number of ether oxygens (including phenoxy) is 2. The minimum Gasteiger partial charge on any atom is -0.382 e. The van der Waals surface area contributed by atoms with E-state index in [9.17, 15) is 0 Å². The zero-order valence-corrected chi connectivity index (χ0v) is 12.4. The van der Waals surface area contributed by atoms with Crippen LogP contribution in [0.4, 0.5) is 0 Å². The normalized spacial score (nSPS) is 11.3. The molecule has 0 radical (unpaired) electrons. The van der Waals surface area contributed by atoms with Crippen molar-refractivity contribution in [3.05, 3.63) is 28.0 Å². The molecule has 0 amide bonds. The molecule has 1 N–H and O–H groups in total. The number of H-pyrrole nitrogens is 1. The summed E-state index contributed by atoms with van der Waals surface area (Å²) in [5.74, 6) is 0. The first kappa shape index (κ1) is 14.5. The highest BCUT2D eigenvalue weighted by Gasteiger charge is 2.04. The summed E-state index contributed by atoms with van der Waals surface area (Å²) >= 11 is 11.3. The molecule has 19 heavy (non-hydrogen) atoms. The molecule has 0 aliphatic carbocycles. The number of aryl methyl sites for hydroxylation is 1. The molecule has 0 atom stereocenters. The van der Waals surface area contributed by atoms with Gasteiger partial charge in [-0.05, 0) is 36.8 Å². The smallest absolute Gasteiger partial charge is 0.178 e. The van der Waals surface area contributed by atoms with Gasteiger partial charge in [-0.3, -0.25) is 0 Å². The fourth-order valence-corrected chi connectivity index (χ4v) is 2.38. The van der Waals surface area contributed by atoms with E-state index >= 15 is 0 Å². The highest BCUT2D eigenvalue weighted by atomic mass is 35.5. The van der Waals surface area contributed by atoms with Crippen LogP contribution >= 0.6 is 23.8 Å². The van der Waals surface area contributed by atoms with Gasteiger partial charge in [-0.2, -0.15) is 0 Å². The summed E-state index contributed by atoms with van der Waals surface area (Å²) in [6.07, 6.45) is 0.900. The standard InChI is InChI=1S/C13H17ClN2O2S/c1-17-7-8-18-6-2-5-16-12-9-10(14)3-4-11(12)15-13(16)19/h3-4,9H,2,5-8H2,1H3,(H,15,19). The molecule has 1 aromatic carbocycles. The summed E-state index contributed by atoms with van der Waals surface area (Å²) in [5.41, 5.74) is 2.05. The number of aromatic nitrogens is 2. The van der Waals surface area contributed by atoms with Crippen molar-refractivity contribution in [2.45, 2.75) is 13.0 Å². The number of halogens is 1. The van der Waals surface area contributed by atoms with Crippen molar-refractivity contribution in [1.82, 2.24) is 9.55 Å². The Balaban J connectivity index is 1.98. The summed E-state index contributed by atoms with van der Waals surface area (Å²) in [6, 6.07) is 5.72. The minimum absolute atomic E-state index is 0.627. The summed E-state index contributed by atoms with van der Waals surface area (Å²) in [6.45, 7) is 2.76. The van der Waals surface area contributed by atoms with Crippen LogP contribution in [0.3, 0.4) is 0 Å². The maximum absolute atomic E-state index is 6.02. The van der Waals surface area contributed by atoms with Gasteiger partial charge in [0.1, 0.15) is 0 Å². The molecule has 0 bridgehead atoms. The van der Waals surface area contributed by atoms with E-state index in [4.69, 9.17) is 33.3 Å². The number of imidazole rings is 1. The molecule has 4 nitrogen and oxygen atoms in total. The Hall–Kier alpha value is -0.880. The fourth-order valence-electron chi connectivity index (χ4n) is 1.92. The Morgan fingerprint density at radius 2 is 2.16 bits per heavy atom. The molecule has 1 aromatic heterocycles. The van der Waals surface area contributed by atoms with Crippen LogP contribution in [0.2, 0.25) is 5.02 Å². The van der Waals surface area contributed by atoms with E-state index in [2.05, 4.69) is 9.55 Å². The number of aromatic amines is 1. The second-order valence-corrected chi connectivity index (χ2v) is 5.03. The zero-order valence-electron chi connectivity index (χ0n) is 10.8. The highest BCUT2D eigenvalue weighted by molar-refractivity contribution is 7.71. The summed E-state index contributed by atoms with van der Waals surface area (Å²) in [5, 5.41) is 0.714. The van der Waals surface area contributed by atoms with Crippen LogP contribution in [-0.2, 0) is 16.0 Å². The van der Waals surface area contributed by atoms with E-state index in [1.165, 1.54) is 0 Å². The lowest BCUT2D eigenvalue weighted by Gasteiger charge is -2.06. The van der Waals surface area contributed by atoms with Crippen LogP contribution in [-0.4, -0.2) is 36.5 Å². The number of nitrogens with zero attached hydrogens (tertiary/aromatic N) is 1. The van der Waals surface area contributed by atoms with Crippen molar-refractivity contribution in [3.8, 4) is 0 Å². The van der Waals surface area contributed by atoms with Crippen LogP contribution in [0.5, 0.6) is 0 Å². The molecule has 0 saturated carbocycles. The van der Waals surface area contributed by atoms with E-state index in [-0.39, 0.29) is 0 Å². The van der Waals surface area contributed by atoms with Gasteiger partial charge in [0.15, 0.2) is 4.77 Å². The van der Waals surface area contributed by atoms with Crippen LogP contribution in [0, 0.1) is 4.77 Å². The molecule has 0 aliphatic rings. The predicted octanol–water partition coefficient (Wildman–Crippen LogP) is 3.41. The van der Waals surface area contributed by atoms with E-state index in [0.29, 0.717) is 29.6 Å². The fraction of sp³-hybridized carbons (Fsp3) is 0.462. The van der Waals surface area contributed by atoms with Crippen LogP contribution in [0.1, 0.15) is 6.42 Å². The van der Waals surface area contributed by atoms with Gasteiger partial charge in [0.2, 0.25) is 0 Å². The number of hydrogen-bond acceptors (Lipinski definition) is 3. The van der Waals surface area contributed by atoms with Crippen molar-refractivity contribution in [2.75, 3.05) is 26.9 Å². The zero-order chi connectivity index (χ0) is 13.7. The molecule has 2 aromatic rings. The summed E-state index contributed by atoms with van der Waals surface area (Å²) in [4.78, 5) is 3.17. The molecular weight excluding hydrogens is 284 g/mol. The SMILES string of the molecule is COCCOCCCn1c(=S)[nH]c2ccc(Cl)cc21. The molecule has 0 aliphatic heterocycles. The molecule has 0 unspecified atom stereocenters. The third-order valence-electron chi connectivity index (χ3n) is 2.84. The van der Waals surface area contributed by atoms with Crippen molar-refractivity contribution in [3.63, 3.8) is 0 Å². The molecule has 0 saturated heterocycles. The molecule has 6 heteroatoms. The lowest BCUT2D eigenvalue weighted by molar-refractivity contribution is 0.0681. The number of hydrogen-bond donors (Lipinski definition) is 1. The predicted molar refractivity (Wildman–Crippen MR) is 79.4 cm³/mol. The Morgan fingerprint density at radius 1 is 1.32 bits per heavy atom. The van der Waals surface area contributed by atoms with Gasteiger partial charge in [0.25, 0.3) is 0 Å². The molecule has 0 spiro atoms. The Bertz CT molecular complexity index is 594. The van der Waals surface area contributed by atoms with Gasteiger partial charge >= 0.3 is 0 Å². The number of rotatable bonds is 7. The van der Waals surface area contributed by atoms with Gasteiger partial charge in [0.05, 0.1) is 24.2 Å². The topological polar surface area (TPSA) is 39.2 Å². The number of nitrogens with one attached hydrogen (secondary N) is 1. The molecule has 2 rings (SSSR count). The summed E-state index contributed by atoms with van der Waals surface area (Å²) in [7, 11) is 1.67. The number of fused-ring (bicyclic) bond motifs is 1. The third kappa shape index (κ3) is 3.79. The molecule has 1 heterocycles.